The average Bonchev–Trinajstić information content (AvgIpc) is 2.63. The molecule has 1 aromatic carbocycles. The number of halogens is 2. The Bertz CT molecular complexity index is 380. The first kappa shape index (κ1) is 11.9. The fourth-order valence-corrected chi connectivity index (χ4v) is 2.82. The third kappa shape index (κ3) is 2.23. The van der Waals surface area contributed by atoms with E-state index in [1.807, 2.05) is 0 Å². The van der Waals surface area contributed by atoms with Gasteiger partial charge in [-0.15, -0.1) is 0 Å². The summed E-state index contributed by atoms with van der Waals surface area (Å²) in [4.78, 5) is 0. The van der Waals surface area contributed by atoms with Crippen LogP contribution in [0.4, 0.5) is 4.39 Å². The van der Waals surface area contributed by atoms with E-state index in [1.165, 1.54) is 6.07 Å². The van der Waals surface area contributed by atoms with E-state index < -0.39 is 0 Å². The predicted octanol–water partition coefficient (Wildman–Crippen LogP) is 3.72. The van der Waals surface area contributed by atoms with Crippen molar-refractivity contribution in [1.82, 2.24) is 5.32 Å². The fraction of sp³-hybridized carbons (Fsp3) is 0.538. The van der Waals surface area contributed by atoms with Gasteiger partial charge in [-0.1, -0.05) is 18.5 Å². The van der Waals surface area contributed by atoms with Crippen LogP contribution in [-0.2, 0) is 0 Å². The Morgan fingerprint density at radius 3 is 2.94 bits per heavy atom. The van der Waals surface area contributed by atoms with Crippen LogP contribution in [0.1, 0.15) is 38.2 Å². The Morgan fingerprint density at radius 1 is 1.50 bits per heavy atom. The zero-order valence-electron chi connectivity index (χ0n) is 9.63. The van der Waals surface area contributed by atoms with E-state index in [1.54, 1.807) is 12.1 Å². The summed E-state index contributed by atoms with van der Waals surface area (Å²) in [5.41, 5.74) is 0.760. The number of benzene rings is 1. The molecular weight excluding hydrogens is 225 g/mol. The molecule has 3 unspecified atom stereocenters. The van der Waals surface area contributed by atoms with Crippen LogP contribution in [0.3, 0.4) is 0 Å². The maximum atomic E-state index is 13.8. The monoisotopic (exact) mass is 241 g/mol. The Morgan fingerprint density at radius 2 is 2.25 bits per heavy atom. The lowest BCUT2D eigenvalue weighted by atomic mass is 9.89. The Labute approximate surface area is 101 Å². The van der Waals surface area contributed by atoms with E-state index in [4.69, 9.17) is 11.6 Å². The molecule has 0 spiro atoms. The van der Waals surface area contributed by atoms with E-state index in [0.717, 1.165) is 18.4 Å². The summed E-state index contributed by atoms with van der Waals surface area (Å²) in [5, 5.41) is 4.11. The molecule has 0 aromatic heterocycles. The van der Waals surface area contributed by atoms with Gasteiger partial charge in [0.25, 0.3) is 0 Å². The van der Waals surface area contributed by atoms with Crippen LogP contribution in [0.25, 0.3) is 0 Å². The molecule has 0 aliphatic carbocycles. The first-order valence-corrected chi connectivity index (χ1v) is 6.20. The molecule has 2 rings (SSSR count). The first-order chi connectivity index (χ1) is 7.61. The second-order valence-electron chi connectivity index (χ2n) is 4.59. The first-order valence-electron chi connectivity index (χ1n) is 5.82. The highest BCUT2D eigenvalue weighted by Crippen LogP contribution is 2.34. The van der Waals surface area contributed by atoms with Gasteiger partial charge in [0, 0.05) is 23.0 Å². The summed E-state index contributed by atoms with van der Waals surface area (Å²) in [5.74, 6) is 0.113. The highest BCUT2D eigenvalue weighted by Gasteiger charge is 2.32. The van der Waals surface area contributed by atoms with Gasteiger partial charge in [-0.2, -0.15) is 0 Å². The van der Waals surface area contributed by atoms with Gasteiger partial charge in [0.1, 0.15) is 5.82 Å². The van der Waals surface area contributed by atoms with Crippen molar-refractivity contribution < 1.29 is 4.39 Å². The van der Waals surface area contributed by atoms with Crippen LogP contribution < -0.4 is 5.32 Å². The number of nitrogens with one attached hydrogen (secondary N) is 1. The molecule has 1 nitrogen and oxygen atoms in total. The van der Waals surface area contributed by atoms with Crippen molar-refractivity contribution in [3.05, 3.63) is 34.6 Å². The van der Waals surface area contributed by atoms with Crippen LogP contribution in [0, 0.1) is 5.82 Å². The van der Waals surface area contributed by atoms with Crippen LogP contribution in [0.15, 0.2) is 18.2 Å². The molecule has 0 radical (unpaired) electrons. The highest BCUT2D eigenvalue weighted by atomic mass is 35.5. The van der Waals surface area contributed by atoms with Crippen molar-refractivity contribution >= 4 is 11.6 Å². The van der Waals surface area contributed by atoms with E-state index >= 15 is 0 Å². The summed E-state index contributed by atoms with van der Waals surface area (Å²) < 4.78 is 13.8. The van der Waals surface area contributed by atoms with Crippen molar-refractivity contribution in [2.75, 3.05) is 0 Å². The van der Waals surface area contributed by atoms with Crippen molar-refractivity contribution in [2.24, 2.45) is 0 Å². The third-order valence-corrected chi connectivity index (χ3v) is 3.62. The van der Waals surface area contributed by atoms with Gasteiger partial charge in [-0.05, 0) is 43.5 Å². The molecule has 3 atom stereocenters. The van der Waals surface area contributed by atoms with Gasteiger partial charge in [-0.25, -0.2) is 4.39 Å². The highest BCUT2D eigenvalue weighted by molar-refractivity contribution is 6.30. The molecule has 1 N–H and O–H groups in total. The van der Waals surface area contributed by atoms with Gasteiger partial charge in [-0.3, -0.25) is 0 Å². The zero-order chi connectivity index (χ0) is 11.7. The second kappa shape index (κ2) is 4.72. The van der Waals surface area contributed by atoms with Crippen LogP contribution in [-0.4, -0.2) is 12.1 Å². The van der Waals surface area contributed by atoms with Crippen LogP contribution in [0.5, 0.6) is 0 Å². The minimum atomic E-state index is -0.135. The third-order valence-electron chi connectivity index (χ3n) is 3.39. The van der Waals surface area contributed by atoms with Crippen molar-refractivity contribution in [2.45, 2.75) is 44.7 Å². The largest absolute Gasteiger partial charge is 0.311 e. The Balaban J connectivity index is 2.32. The lowest BCUT2D eigenvalue weighted by molar-refractivity contribution is 0.499. The van der Waals surface area contributed by atoms with Crippen LogP contribution >= 0.6 is 11.6 Å². The number of hydrogen-bond donors (Lipinski definition) is 1. The van der Waals surface area contributed by atoms with Gasteiger partial charge in [0.15, 0.2) is 0 Å². The van der Waals surface area contributed by atoms with Gasteiger partial charge in [0.05, 0.1) is 0 Å². The maximum absolute atomic E-state index is 13.8. The van der Waals surface area contributed by atoms with Crippen molar-refractivity contribution in [3.63, 3.8) is 0 Å². The summed E-state index contributed by atoms with van der Waals surface area (Å²) >= 11 is 5.94. The maximum Gasteiger partial charge on any atom is 0.126 e. The normalized spacial score (nSPS) is 29.6. The molecule has 1 heterocycles. The SMILES string of the molecule is CCC1NC(C)CC1c1cc(Cl)ccc1F. The molecule has 0 bridgehead atoms. The minimum absolute atomic E-state index is 0.135. The van der Waals surface area contributed by atoms with Gasteiger partial charge >= 0.3 is 0 Å². The summed E-state index contributed by atoms with van der Waals surface area (Å²) in [6.45, 7) is 4.27. The van der Waals surface area contributed by atoms with E-state index in [2.05, 4.69) is 19.2 Å². The quantitative estimate of drug-likeness (QED) is 0.832. The standard InChI is InChI=1S/C13H17ClFN/c1-3-13-11(6-8(2)16-13)10-7-9(14)4-5-12(10)15/h4-5,7-8,11,13,16H,3,6H2,1-2H3. The molecule has 16 heavy (non-hydrogen) atoms. The van der Waals surface area contributed by atoms with E-state index in [-0.39, 0.29) is 11.7 Å². The number of hydrogen-bond acceptors (Lipinski definition) is 1. The molecule has 1 aliphatic heterocycles. The lowest BCUT2D eigenvalue weighted by Gasteiger charge is -2.18. The molecule has 1 saturated heterocycles. The average molecular weight is 242 g/mol. The minimum Gasteiger partial charge on any atom is -0.311 e. The molecule has 88 valence electrons. The second-order valence-corrected chi connectivity index (χ2v) is 5.03. The Hall–Kier alpha value is -0.600. The Kier molecular flexibility index (Phi) is 3.50. The summed E-state index contributed by atoms with van der Waals surface area (Å²) in [6, 6.07) is 5.65. The summed E-state index contributed by atoms with van der Waals surface area (Å²) in [6.07, 6.45) is 2.00. The molecule has 3 heteroatoms. The van der Waals surface area contributed by atoms with Crippen molar-refractivity contribution in [3.8, 4) is 0 Å². The predicted molar refractivity (Wildman–Crippen MR) is 65.4 cm³/mol. The molecule has 1 aliphatic rings. The summed E-state index contributed by atoms with van der Waals surface area (Å²) in [7, 11) is 0. The topological polar surface area (TPSA) is 12.0 Å². The van der Waals surface area contributed by atoms with Crippen molar-refractivity contribution in [1.29, 1.82) is 0 Å². The van der Waals surface area contributed by atoms with E-state index in [0.29, 0.717) is 17.1 Å². The molecule has 0 amide bonds. The zero-order valence-corrected chi connectivity index (χ0v) is 10.4. The van der Waals surface area contributed by atoms with Gasteiger partial charge < -0.3 is 5.32 Å². The molecular formula is C13H17ClFN. The fourth-order valence-electron chi connectivity index (χ4n) is 2.64. The molecule has 1 aromatic rings. The molecule has 1 fully saturated rings. The van der Waals surface area contributed by atoms with E-state index in [9.17, 15) is 4.39 Å². The lowest BCUT2D eigenvalue weighted by Crippen LogP contribution is -2.28. The van der Waals surface area contributed by atoms with Crippen LogP contribution in [0.2, 0.25) is 5.02 Å². The van der Waals surface area contributed by atoms with Gasteiger partial charge in [0.2, 0.25) is 0 Å². The number of rotatable bonds is 2. The smallest absolute Gasteiger partial charge is 0.126 e. The molecule has 0 saturated carbocycles.